The Balaban J connectivity index is 2.68. The number of nitrogens with zero attached hydrogens (tertiary/aromatic N) is 1. The van der Waals surface area contributed by atoms with Gasteiger partial charge < -0.3 is 10.6 Å². The van der Waals surface area contributed by atoms with Gasteiger partial charge in [0.2, 0.25) is 0 Å². The lowest BCUT2D eigenvalue weighted by Gasteiger charge is -2.25. The van der Waals surface area contributed by atoms with Crippen molar-refractivity contribution in [3.63, 3.8) is 0 Å². The van der Waals surface area contributed by atoms with E-state index in [0.29, 0.717) is 0 Å². The van der Waals surface area contributed by atoms with Gasteiger partial charge in [0.25, 0.3) is 0 Å². The van der Waals surface area contributed by atoms with Crippen LogP contribution in [0.15, 0.2) is 24.3 Å². The molecule has 106 valence electrons. The summed E-state index contributed by atoms with van der Waals surface area (Å²) in [4.78, 5) is 2.27. The van der Waals surface area contributed by atoms with E-state index in [-0.39, 0.29) is 5.84 Å². The Hall–Kier alpha value is -1.51. The summed E-state index contributed by atoms with van der Waals surface area (Å²) < 4.78 is 0. The molecule has 1 aromatic rings. The molecule has 0 heterocycles. The van der Waals surface area contributed by atoms with E-state index in [9.17, 15) is 0 Å². The van der Waals surface area contributed by atoms with Crippen molar-refractivity contribution in [2.24, 2.45) is 11.7 Å². The Bertz CT molecular complexity index is 401. The molecule has 0 aliphatic rings. The van der Waals surface area contributed by atoms with Crippen LogP contribution in [0.2, 0.25) is 0 Å². The lowest BCUT2D eigenvalue weighted by atomic mass is 9.98. The van der Waals surface area contributed by atoms with Gasteiger partial charge in [-0.05, 0) is 24.5 Å². The number of nitrogen functional groups attached to an aromatic ring is 1. The first-order valence-electron chi connectivity index (χ1n) is 7.24. The van der Waals surface area contributed by atoms with E-state index in [0.717, 1.165) is 23.7 Å². The Labute approximate surface area is 117 Å². The average Bonchev–Trinajstić information content (AvgIpc) is 2.43. The first-order chi connectivity index (χ1) is 9.08. The van der Waals surface area contributed by atoms with Crippen LogP contribution in [-0.2, 0) is 0 Å². The zero-order valence-corrected chi connectivity index (χ0v) is 12.4. The molecular formula is C16H27N3. The second-order valence-corrected chi connectivity index (χ2v) is 5.26. The normalized spacial score (nSPS) is 12.2. The Kier molecular flexibility index (Phi) is 6.40. The van der Waals surface area contributed by atoms with Crippen LogP contribution < -0.4 is 10.6 Å². The van der Waals surface area contributed by atoms with Crippen LogP contribution in [0.25, 0.3) is 0 Å². The maximum absolute atomic E-state index is 7.50. The molecule has 3 heteroatoms. The van der Waals surface area contributed by atoms with Gasteiger partial charge in [0.1, 0.15) is 5.84 Å². The van der Waals surface area contributed by atoms with E-state index in [1.54, 1.807) is 0 Å². The van der Waals surface area contributed by atoms with Gasteiger partial charge in [-0.3, -0.25) is 5.41 Å². The summed E-state index contributed by atoms with van der Waals surface area (Å²) in [5.41, 5.74) is 7.48. The number of anilines is 1. The first-order valence-corrected chi connectivity index (χ1v) is 7.24. The number of hydrogen-bond acceptors (Lipinski definition) is 2. The molecule has 0 radical (unpaired) electrons. The fourth-order valence-corrected chi connectivity index (χ4v) is 2.32. The standard InChI is InChI=1S/C16H27N3/c1-4-6-8-13(5-2)12-19(3)15-10-7-9-14(11-15)16(17)18/h7,9-11,13H,4-6,8,12H2,1-3H3,(H3,17,18). The van der Waals surface area contributed by atoms with Gasteiger partial charge in [0.05, 0.1) is 0 Å². The van der Waals surface area contributed by atoms with Gasteiger partial charge in [-0.1, -0.05) is 45.2 Å². The number of amidine groups is 1. The van der Waals surface area contributed by atoms with Crippen LogP contribution >= 0.6 is 0 Å². The van der Waals surface area contributed by atoms with Crippen molar-refractivity contribution in [2.45, 2.75) is 39.5 Å². The van der Waals surface area contributed by atoms with Gasteiger partial charge in [-0.25, -0.2) is 0 Å². The number of unbranched alkanes of at least 4 members (excludes halogenated alkanes) is 1. The highest BCUT2D eigenvalue weighted by atomic mass is 15.1. The summed E-state index contributed by atoms with van der Waals surface area (Å²) in [7, 11) is 2.12. The molecule has 0 fully saturated rings. The Morgan fingerprint density at radius 3 is 2.68 bits per heavy atom. The summed E-state index contributed by atoms with van der Waals surface area (Å²) in [5.74, 6) is 0.874. The molecule has 3 N–H and O–H groups in total. The first kappa shape index (κ1) is 15.5. The minimum atomic E-state index is 0.133. The van der Waals surface area contributed by atoms with Crippen LogP contribution in [0.3, 0.4) is 0 Å². The lowest BCUT2D eigenvalue weighted by molar-refractivity contribution is 0.454. The van der Waals surface area contributed by atoms with Crippen LogP contribution in [0.1, 0.15) is 45.1 Å². The topological polar surface area (TPSA) is 53.1 Å². The Morgan fingerprint density at radius 2 is 2.11 bits per heavy atom. The molecule has 1 unspecified atom stereocenters. The van der Waals surface area contributed by atoms with Crippen LogP contribution in [0, 0.1) is 11.3 Å². The zero-order chi connectivity index (χ0) is 14.3. The molecule has 1 rings (SSSR count). The van der Waals surface area contributed by atoms with E-state index < -0.39 is 0 Å². The average molecular weight is 261 g/mol. The van der Waals surface area contributed by atoms with Gasteiger partial charge in [-0.15, -0.1) is 0 Å². The van der Waals surface area contributed by atoms with E-state index in [1.165, 1.54) is 25.7 Å². The summed E-state index contributed by atoms with van der Waals surface area (Å²) in [6.07, 6.45) is 5.08. The fraction of sp³-hybridized carbons (Fsp3) is 0.562. The van der Waals surface area contributed by atoms with Crippen molar-refractivity contribution in [1.29, 1.82) is 5.41 Å². The second-order valence-electron chi connectivity index (χ2n) is 5.26. The molecule has 0 saturated carbocycles. The summed E-state index contributed by atoms with van der Waals surface area (Å²) in [6.45, 7) is 5.57. The third-order valence-corrected chi connectivity index (χ3v) is 3.67. The number of nitrogens with two attached hydrogens (primary N) is 1. The molecular weight excluding hydrogens is 234 g/mol. The van der Waals surface area contributed by atoms with Crippen molar-refractivity contribution < 1.29 is 0 Å². The van der Waals surface area contributed by atoms with Gasteiger partial charge in [0, 0.05) is 24.8 Å². The van der Waals surface area contributed by atoms with E-state index in [4.69, 9.17) is 11.1 Å². The van der Waals surface area contributed by atoms with E-state index >= 15 is 0 Å². The molecule has 0 bridgehead atoms. The van der Waals surface area contributed by atoms with Gasteiger partial charge >= 0.3 is 0 Å². The van der Waals surface area contributed by atoms with Crippen LogP contribution in [0.4, 0.5) is 5.69 Å². The highest BCUT2D eigenvalue weighted by Gasteiger charge is 2.10. The van der Waals surface area contributed by atoms with Gasteiger partial charge in [-0.2, -0.15) is 0 Å². The number of hydrogen-bond donors (Lipinski definition) is 2. The van der Waals surface area contributed by atoms with Crippen molar-refractivity contribution in [3.8, 4) is 0 Å². The molecule has 1 atom stereocenters. The molecule has 1 aromatic carbocycles. The molecule has 0 aliphatic heterocycles. The quantitative estimate of drug-likeness (QED) is 0.554. The largest absolute Gasteiger partial charge is 0.384 e. The van der Waals surface area contributed by atoms with Crippen molar-refractivity contribution >= 4 is 11.5 Å². The van der Waals surface area contributed by atoms with Crippen molar-refractivity contribution in [2.75, 3.05) is 18.5 Å². The molecule has 0 aromatic heterocycles. The fourth-order valence-electron chi connectivity index (χ4n) is 2.32. The maximum atomic E-state index is 7.50. The predicted molar refractivity (Wildman–Crippen MR) is 84.0 cm³/mol. The second kappa shape index (κ2) is 7.82. The number of nitrogens with one attached hydrogen (secondary N) is 1. The molecule has 0 aliphatic carbocycles. The molecule has 3 nitrogen and oxygen atoms in total. The minimum Gasteiger partial charge on any atom is -0.384 e. The molecule has 0 spiro atoms. The summed E-state index contributed by atoms with van der Waals surface area (Å²) in [6, 6.07) is 7.93. The highest BCUT2D eigenvalue weighted by Crippen LogP contribution is 2.19. The number of rotatable bonds is 8. The maximum Gasteiger partial charge on any atom is 0.122 e. The Morgan fingerprint density at radius 1 is 1.37 bits per heavy atom. The van der Waals surface area contributed by atoms with Crippen molar-refractivity contribution in [1.82, 2.24) is 0 Å². The minimum absolute atomic E-state index is 0.133. The lowest BCUT2D eigenvalue weighted by Crippen LogP contribution is -2.25. The zero-order valence-electron chi connectivity index (χ0n) is 12.4. The van der Waals surface area contributed by atoms with Gasteiger partial charge in [0.15, 0.2) is 0 Å². The monoisotopic (exact) mass is 261 g/mol. The summed E-state index contributed by atoms with van der Waals surface area (Å²) in [5, 5.41) is 7.50. The molecule has 19 heavy (non-hydrogen) atoms. The summed E-state index contributed by atoms with van der Waals surface area (Å²) >= 11 is 0. The molecule has 0 saturated heterocycles. The third-order valence-electron chi connectivity index (χ3n) is 3.67. The SMILES string of the molecule is CCCCC(CC)CN(C)c1cccc(C(=N)N)c1. The van der Waals surface area contributed by atoms with Crippen molar-refractivity contribution in [3.05, 3.63) is 29.8 Å². The third kappa shape index (κ3) is 4.93. The van der Waals surface area contributed by atoms with Crippen LogP contribution in [-0.4, -0.2) is 19.4 Å². The predicted octanol–water partition coefficient (Wildman–Crippen LogP) is 3.62. The van der Waals surface area contributed by atoms with E-state index in [1.807, 2.05) is 18.2 Å². The van der Waals surface area contributed by atoms with E-state index in [2.05, 4.69) is 31.9 Å². The highest BCUT2D eigenvalue weighted by molar-refractivity contribution is 5.95. The smallest absolute Gasteiger partial charge is 0.122 e. The number of benzene rings is 1. The van der Waals surface area contributed by atoms with Crippen LogP contribution in [0.5, 0.6) is 0 Å². The molecule has 0 amide bonds.